The van der Waals surface area contributed by atoms with Crippen LogP contribution in [-0.2, 0) is 6.61 Å². The predicted molar refractivity (Wildman–Crippen MR) is 92.7 cm³/mol. The molecule has 2 heterocycles. The van der Waals surface area contributed by atoms with Crippen LogP contribution in [0.2, 0.25) is 0 Å². The van der Waals surface area contributed by atoms with Gasteiger partial charge in [-0.1, -0.05) is 0 Å². The second-order valence-electron chi connectivity index (χ2n) is 5.81. The molecule has 1 fully saturated rings. The zero-order valence-corrected chi connectivity index (χ0v) is 14.6. The number of hydrogen-bond acceptors (Lipinski definition) is 6. The first-order valence-corrected chi connectivity index (χ1v) is 8.71. The Morgan fingerprint density at radius 1 is 1.46 bits per heavy atom. The fraction of sp³-hybridized carbons (Fsp3) is 0.412. The highest BCUT2D eigenvalue weighted by atomic mass is 32.1. The zero-order valence-electron chi connectivity index (χ0n) is 13.8. The molecule has 1 amide bonds. The van der Waals surface area contributed by atoms with Crippen molar-refractivity contribution in [2.24, 2.45) is 5.73 Å². The van der Waals surface area contributed by atoms with Gasteiger partial charge in [-0.2, -0.15) is 0 Å². The summed E-state index contributed by atoms with van der Waals surface area (Å²) in [7, 11) is 1.56. The van der Waals surface area contributed by atoms with Crippen LogP contribution in [0, 0.1) is 6.92 Å². The molecule has 0 saturated carbocycles. The summed E-state index contributed by atoms with van der Waals surface area (Å²) in [6, 6.07) is 5.31. The van der Waals surface area contributed by atoms with Crippen LogP contribution in [0.3, 0.4) is 0 Å². The van der Waals surface area contributed by atoms with Crippen LogP contribution in [0.5, 0.6) is 11.5 Å². The summed E-state index contributed by atoms with van der Waals surface area (Å²) in [6.07, 6.45) is 0.844. The average molecular weight is 347 g/mol. The molecule has 0 spiro atoms. The van der Waals surface area contributed by atoms with Crippen molar-refractivity contribution in [1.29, 1.82) is 0 Å². The van der Waals surface area contributed by atoms with Gasteiger partial charge in [-0.15, -0.1) is 11.3 Å². The number of methoxy groups -OCH3 is 1. The Kier molecular flexibility index (Phi) is 5.01. The van der Waals surface area contributed by atoms with E-state index in [9.17, 15) is 4.79 Å². The first kappa shape index (κ1) is 16.7. The van der Waals surface area contributed by atoms with Crippen LogP contribution in [0.25, 0.3) is 0 Å². The second-order valence-corrected chi connectivity index (χ2v) is 6.87. The number of amides is 1. The summed E-state index contributed by atoms with van der Waals surface area (Å²) in [5.41, 5.74) is 7.34. The summed E-state index contributed by atoms with van der Waals surface area (Å²) < 4.78 is 11.2. The number of hydrogen-bond donors (Lipinski definition) is 1. The number of carbonyl (C=O) groups excluding carboxylic acids is 1. The molecule has 1 aliphatic rings. The lowest BCUT2D eigenvalue weighted by Gasteiger charge is -2.17. The Morgan fingerprint density at radius 2 is 2.29 bits per heavy atom. The van der Waals surface area contributed by atoms with Crippen molar-refractivity contribution in [3.05, 3.63) is 39.8 Å². The van der Waals surface area contributed by atoms with Crippen LogP contribution in [0.1, 0.15) is 27.5 Å². The van der Waals surface area contributed by atoms with E-state index in [1.54, 1.807) is 41.5 Å². The number of aromatic nitrogens is 1. The van der Waals surface area contributed by atoms with Gasteiger partial charge in [-0.25, -0.2) is 4.98 Å². The minimum absolute atomic E-state index is 0.0251. The van der Waals surface area contributed by atoms with Gasteiger partial charge in [0.15, 0.2) is 11.5 Å². The minimum atomic E-state index is -0.0251. The van der Waals surface area contributed by atoms with Gasteiger partial charge in [0.2, 0.25) is 0 Å². The summed E-state index contributed by atoms with van der Waals surface area (Å²) in [5.74, 6) is 1.11. The van der Waals surface area contributed by atoms with E-state index in [-0.39, 0.29) is 11.9 Å². The number of aryl methyl sites for hydroxylation is 1. The third-order valence-corrected chi connectivity index (χ3v) is 4.79. The molecule has 1 atom stereocenters. The second kappa shape index (κ2) is 7.19. The fourth-order valence-corrected chi connectivity index (χ4v) is 3.30. The summed E-state index contributed by atoms with van der Waals surface area (Å²) in [6.45, 7) is 3.63. The number of likely N-dealkylation sites (tertiary alicyclic amines) is 1. The number of nitrogens with two attached hydrogens (primary N) is 1. The van der Waals surface area contributed by atoms with E-state index in [2.05, 4.69) is 4.98 Å². The van der Waals surface area contributed by atoms with Gasteiger partial charge in [-0.05, 0) is 31.5 Å². The van der Waals surface area contributed by atoms with Crippen molar-refractivity contribution < 1.29 is 14.3 Å². The third kappa shape index (κ3) is 3.68. The molecule has 2 N–H and O–H groups in total. The Morgan fingerprint density at radius 3 is 2.92 bits per heavy atom. The van der Waals surface area contributed by atoms with Gasteiger partial charge in [-0.3, -0.25) is 4.79 Å². The van der Waals surface area contributed by atoms with Crippen molar-refractivity contribution in [1.82, 2.24) is 9.88 Å². The molecule has 1 saturated heterocycles. The number of benzene rings is 1. The Balaban J connectivity index is 1.71. The lowest BCUT2D eigenvalue weighted by Crippen LogP contribution is -2.31. The number of carbonyl (C=O) groups is 1. The molecule has 1 aromatic carbocycles. The Bertz CT molecular complexity index is 732. The van der Waals surface area contributed by atoms with E-state index in [0.29, 0.717) is 36.8 Å². The topological polar surface area (TPSA) is 77.7 Å². The third-order valence-electron chi connectivity index (χ3n) is 3.96. The summed E-state index contributed by atoms with van der Waals surface area (Å²) in [5, 5.41) is 2.97. The minimum Gasteiger partial charge on any atom is -0.493 e. The molecule has 2 aromatic rings. The molecule has 0 bridgehead atoms. The maximum atomic E-state index is 12.5. The standard InChI is InChI=1S/C17H21N3O3S/c1-11-19-14(10-24-11)9-23-15-4-3-12(7-16(15)22-2)17(21)20-6-5-13(18)8-20/h3-4,7,10,13H,5-6,8-9,18H2,1-2H3. The molecule has 6 nitrogen and oxygen atoms in total. The van der Waals surface area contributed by atoms with Gasteiger partial charge in [0.1, 0.15) is 6.61 Å². The quantitative estimate of drug-likeness (QED) is 0.897. The first-order valence-electron chi connectivity index (χ1n) is 7.83. The summed E-state index contributed by atoms with van der Waals surface area (Å²) in [4.78, 5) is 18.7. The van der Waals surface area contributed by atoms with E-state index in [1.807, 2.05) is 12.3 Å². The maximum absolute atomic E-state index is 12.5. The van der Waals surface area contributed by atoms with E-state index >= 15 is 0 Å². The van der Waals surface area contributed by atoms with Gasteiger partial charge in [0.05, 0.1) is 17.8 Å². The molecule has 1 aromatic heterocycles. The van der Waals surface area contributed by atoms with Gasteiger partial charge in [0.25, 0.3) is 5.91 Å². The normalized spacial score (nSPS) is 17.1. The number of ether oxygens (including phenoxy) is 2. The molecular formula is C17H21N3O3S. The lowest BCUT2D eigenvalue weighted by molar-refractivity contribution is 0.0790. The van der Waals surface area contributed by atoms with Gasteiger partial charge < -0.3 is 20.1 Å². The largest absolute Gasteiger partial charge is 0.493 e. The number of thiazole rings is 1. The van der Waals surface area contributed by atoms with Gasteiger partial charge in [0, 0.05) is 30.1 Å². The molecule has 128 valence electrons. The number of rotatable bonds is 5. The summed E-state index contributed by atoms with van der Waals surface area (Å²) >= 11 is 1.59. The molecule has 0 radical (unpaired) electrons. The smallest absolute Gasteiger partial charge is 0.254 e. The van der Waals surface area contributed by atoms with Crippen molar-refractivity contribution in [3.8, 4) is 11.5 Å². The fourth-order valence-electron chi connectivity index (χ4n) is 2.70. The van der Waals surface area contributed by atoms with E-state index in [4.69, 9.17) is 15.2 Å². The molecule has 3 rings (SSSR count). The maximum Gasteiger partial charge on any atom is 0.254 e. The average Bonchev–Trinajstić information content (AvgIpc) is 3.20. The van der Waals surface area contributed by atoms with E-state index in [1.165, 1.54) is 0 Å². The highest BCUT2D eigenvalue weighted by Gasteiger charge is 2.25. The van der Waals surface area contributed by atoms with Crippen molar-refractivity contribution in [2.45, 2.75) is 26.0 Å². The van der Waals surface area contributed by atoms with Gasteiger partial charge >= 0.3 is 0 Å². The van der Waals surface area contributed by atoms with Crippen LogP contribution in [-0.4, -0.2) is 42.0 Å². The highest BCUT2D eigenvalue weighted by Crippen LogP contribution is 2.29. The molecule has 7 heteroatoms. The van der Waals surface area contributed by atoms with Crippen LogP contribution in [0.4, 0.5) is 0 Å². The Hall–Kier alpha value is -2.12. The van der Waals surface area contributed by atoms with Crippen LogP contribution >= 0.6 is 11.3 Å². The lowest BCUT2D eigenvalue weighted by atomic mass is 10.1. The number of nitrogens with zero attached hydrogens (tertiary/aromatic N) is 2. The molecule has 1 unspecified atom stereocenters. The van der Waals surface area contributed by atoms with Crippen LogP contribution < -0.4 is 15.2 Å². The Labute approximate surface area is 145 Å². The molecule has 24 heavy (non-hydrogen) atoms. The zero-order chi connectivity index (χ0) is 17.1. The predicted octanol–water partition coefficient (Wildman–Crippen LogP) is 2.21. The van der Waals surface area contributed by atoms with E-state index < -0.39 is 0 Å². The first-order chi connectivity index (χ1) is 11.6. The highest BCUT2D eigenvalue weighted by molar-refractivity contribution is 7.09. The SMILES string of the molecule is COc1cc(C(=O)N2CCC(N)C2)ccc1OCc1csc(C)n1. The molecular weight excluding hydrogens is 326 g/mol. The van der Waals surface area contributed by atoms with Crippen molar-refractivity contribution in [3.63, 3.8) is 0 Å². The van der Waals surface area contributed by atoms with E-state index in [0.717, 1.165) is 17.1 Å². The van der Waals surface area contributed by atoms with Crippen molar-refractivity contribution in [2.75, 3.05) is 20.2 Å². The monoisotopic (exact) mass is 347 g/mol. The van der Waals surface area contributed by atoms with Crippen molar-refractivity contribution >= 4 is 17.2 Å². The molecule has 1 aliphatic heterocycles. The van der Waals surface area contributed by atoms with Crippen LogP contribution in [0.15, 0.2) is 23.6 Å². The molecule has 0 aliphatic carbocycles.